The van der Waals surface area contributed by atoms with Gasteiger partial charge in [0.25, 0.3) is 0 Å². The maximum absolute atomic E-state index is 11.2. The van der Waals surface area contributed by atoms with E-state index in [1.807, 2.05) is 6.07 Å². The number of aromatic hydroxyl groups is 1. The van der Waals surface area contributed by atoms with Gasteiger partial charge in [-0.2, -0.15) is 0 Å². The van der Waals surface area contributed by atoms with Gasteiger partial charge in [-0.05, 0) is 61.6 Å². The third kappa shape index (κ3) is 4.29. The zero-order valence-electron chi connectivity index (χ0n) is 15.6. The fourth-order valence-corrected chi connectivity index (χ4v) is 4.30. The SMILES string of the molecule is CN=C(NCc1c(O)ccc2c1CCCC2)N1CCCC(CC(N)=O)C1. The van der Waals surface area contributed by atoms with Crippen molar-refractivity contribution in [2.75, 3.05) is 20.1 Å². The second-order valence-electron chi connectivity index (χ2n) is 7.43. The van der Waals surface area contributed by atoms with Gasteiger partial charge in [-0.25, -0.2) is 0 Å². The molecule has 1 aromatic carbocycles. The summed E-state index contributed by atoms with van der Waals surface area (Å²) in [5.74, 6) is 1.24. The molecular weight excluding hydrogens is 328 g/mol. The number of phenolic OH excluding ortho intramolecular Hbond substituents is 1. The third-order valence-electron chi connectivity index (χ3n) is 5.57. The van der Waals surface area contributed by atoms with Crippen LogP contribution in [0, 0.1) is 5.92 Å². The molecule has 1 amide bonds. The van der Waals surface area contributed by atoms with Gasteiger partial charge in [-0.15, -0.1) is 0 Å². The maximum Gasteiger partial charge on any atom is 0.217 e. The van der Waals surface area contributed by atoms with E-state index < -0.39 is 0 Å². The summed E-state index contributed by atoms with van der Waals surface area (Å²) in [4.78, 5) is 17.8. The highest BCUT2D eigenvalue weighted by Gasteiger charge is 2.24. The number of fused-ring (bicyclic) bond motifs is 1. The normalized spacial score (nSPS) is 20.6. The number of nitrogens with one attached hydrogen (secondary N) is 1. The Hall–Kier alpha value is -2.24. The molecule has 3 rings (SSSR count). The van der Waals surface area contributed by atoms with E-state index in [9.17, 15) is 9.90 Å². The number of carbonyl (C=O) groups is 1. The molecule has 1 saturated heterocycles. The summed E-state index contributed by atoms with van der Waals surface area (Å²) < 4.78 is 0. The molecule has 1 unspecified atom stereocenters. The van der Waals surface area contributed by atoms with Crippen molar-refractivity contribution in [1.29, 1.82) is 0 Å². The number of guanidine groups is 1. The van der Waals surface area contributed by atoms with E-state index in [0.717, 1.165) is 50.3 Å². The van der Waals surface area contributed by atoms with Crippen molar-refractivity contribution in [3.05, 3.63) is 28.8 Å². The average molecular weight is 358 g/mol. The smallest absolute Gasteiger partial charge is 0.217 e. The number of piperidine rings is 1. The second-order valence-corrected chi connectivity index (χ2v) is 7.43. The Bertz CT molecular complexity index is 687. The van der Waals surface area contributed by atoms with Crippen LogP contribution in [0.25, 0.3) is 0 Å². The summed E-state index contributed by atoms with van der Waals surface area (Å²) in [5.41, 5.74) is 9.01. The summed E-state index contributed by atoms with van der Waals surface area (Å²) in [6, 6.07) is 3.87. The number of nitrogens with two attached hydrogens (primary N) is 1. The molecule has 1 heterocycles. The zero-order valence-corrected chi connectivity index (χ0v) is 15.6. The number of primary amides is 1. The third-order valence-corrected chi connectivity index (χ3v) is 5.57. The molecule has 26 heavy (non-hydrogen) atoms. The number of aliphatic imine (C=N–C) groups is 1. The molecule has 1 aliphatic heterocycles. The van der Waals surface area contributed by atoms with Gasteiger partial charge in [0.05, 0.1) is 0 Å². The van der Waals surface area contributed by atoms with Gasteiger partial charge >= 0.3 is 0 Å². The fourth-order valence-electron chi connectivity index (χ4n) is 4.30. The summed E-state index contributed by atoms with van der Waals surface area (Å²) in [6.07, 6.45) is 7.02. The van der Waals surface area contributed by atoms with Crippen LogP contribution in [0.4, 0.5) is 0 Å². The molecule has 1 fully saturated rings. The molecule has 142 valence electrons. The molecule has 1 atom stereocenters. The minimum absolute atomic E-state index is 0.236. The van der Waals surface area contributed by atoms with Crippen LogP contribution in [0.1, 0.15) is 48.8 Å². The average Bonchev–Trinajstić information content (AvgIpc) is 2.63. The van der Waals surface area contributed by atoms with Crippen LogP contribution in [0.15, 0.2) is 17.1 Å². The Balaban J connectivity index is 1.67. The lowest BCUT2D eigenvalue weighted by Gasteiger charge is -2.34. The van der Waals surface area contributed by atoms with E-state index in [1.165, 1.54) is 24.0 Å². The van der Waals surface area contributed by atoms with Crippen LogP contribution < -0.4 is 11.1 Å². The number of hydrogen-bond donors (Lipinski definition) is 3. The van der Waals surface area contributed by atoms with Crippen molar-refractivity contribution in [3.63, 3.8) is 0 Å². The first-order valence-electron chi connectivity index (χ1n) is 9.65. The molecule has 6 heteroatoms. The van der Waals surface area contributed by atoms with Crippen molar-refractivity contribution < 1.29 is 9.90 Å². The quantitative estimate of drug-likeness (QED) is 0.567. The van der Waals surface area contributed by atoms with Gasteiger partial charge in [0, 0.05) is 38.7 Å². The Morgan fingerprint density at radius 2 is 2.15 bits per heavy atom. The lowest BCUT2D eigenvalue weighted by atomic mass is 9.88. The molecule has 0 radical (unpaired) electrons. The fraction of sp³-hybridized carbons (Fsp3) is 0.600. The number of rotatable bonds is 4. The van der Waals surface area contributed by atoms with Crippen LogP contribution in [-0.4, -0.2) is 42.0 Å². The number of aryl methyl sites for hydroxylation is 1. The van der Waals surface area contributed by atoms with Crippen molar-refractivity contribution >= 4 is 11.9 Å². The van der Waals surface area contributed by atoms with Gasteiger partial charge < -0.3 is 21.1 Å². The predicted octanol–water partition coefficient (Wildman–Crippen LogP) is 1.93. The van der Waals surface area contributed by atoms with Crippen molar-refractivity contribution in [3.8, 4) is 5.75 Å². The molecule has 0 spiro atoms. The molecule has 2 aliphatic rings. The summed E-state index contributed by atoms with van der Waals surface area (Å²) in [5, 5.41) is 13.8. The minimum atomic E-state index is -0.236. The largest absolute Gasteiger partial charge is 0.508 e. The van der Waals surface area contributed by atoms with Crippen molar-refractivity contribution in [2.45, 2.75) is 51.5 Å². The first-order valence-corrected chi connectivity index (χ1v) is 9.65. The highest BCUT2D eigenvalue weighted by Crippen LogP contribution is 2.30. The molecule has 4 N–H and O–H groups in total. The van der Waals surface area contributed by atoms with Gasteiger partial charge in [-0.3, -0.25) is 9.79 Å². The number of phenols is 1. The Labute approximate surface area is 155 Å². The van der Waals surface area contributed by atoms with Gasteiger partial charge in [-0.1, -0.05) is 6.07 Å². The molecule has 1 aromatic rings. The number of benzene rings is 1. The highest BCUT2D eigenvalue weighted by atomic mass is 16.3. The first kappa shape index (κ1) is 18.5. The topological polar surface area (TPSA) is 91.0 Å². The van der Waals surface area contributed by atoms with Crippen molar-refractivity contribution in [1.82, 2.24) is 10.2 Å². The van der Waals surface area contributed by atoms with E-state index in [1.54, 1.807) is 7.05 Å². The number of carbonyl (C=O) groups excluding carboxylic acids is 1. The molecule has 1 aliphatic carbocycles. The predicted molar refractivity (Wildman–Crippen MR) is 103 cm³/mol. The van der Waals surface area contributed by atoms with Crippen LogP contribution in [-0.2, 0) is 24.2 Å². The molecule has 0 aromatic heterocycles. The van der Waals surface area contributed by atoms with Crippen LogP contribution in [0.5, 0.6) is 5.75 Å². The van der Waals surface area contributed by atoms with Gasteiger partial charge in [0.15, 0.2) is 5.96 Å². The lowest BCUT2D eigenvalue weighted by Crippen LogP contribution is -2.47. The van der Waals surface area contributed by atoms with E-state index in [2.05, 4.69) is 21.3 Å². The Morgan fingerprint density at radius 3 is 2.92 bits per heavy atom. The van der Waals surface area contributed by atoms with E-state index in [0.29, 0.717) is 18.7 Å². The minimum Gasteiger partial charge on any atom is -0.508 e. The van der Waals surface area contributed by atoms with Crippen LogP contribution >= 0.6 is 0 Å². The number of likely N-dealkylation sites (tertiary alicyclic amines) is 1. The first-order chi connectivity index (χ1) is 12.6. The lowest BCUT2D eigenvalue weighted by molar-refractivity contribution is -0.119. The molecule has 0 saturated carbocycles. The van der Waals surface area contributed by atoms with Gasteiger partial charge in [0.1, 0.15) is 5.75 Å². The van der Waals surface area contributed by atoms with E-state index in [-0.39, 0.29) is 11.8 Å². The molecular formula is C20H30N4O2. The van der Waals surface area contributed by atoms with E-state index in [4.69, 9.17) is 5.73 Å². The summed E-state index contributed by atoms with van der Waals surface area (Å²) in [6.45, 7) is 2.29. The number of nitrogens with zero attached hydrogens (tertiary/aromatic N) is 2. The summed E-state index contributed by atoms with van der Waals surface area (Å²) in [7, 11) is 1.78. The maximum atomic E-state index is 11.2. The Morgan fingerprint density at radius 1 is 1.35 bits per heavy atom. The number of amides is 1. The molecule has 0 bridgehead atoms. The van der Waals surface area contributed by atoms with E-state index >= 15 is 0 Å². The second kappa shape index (κ2) is 8.43. The van der Waals surface area contributed by atoms with Crippen molar-refractivity contribution in [2.24, 2.45) is 16.6 Å². The van der Waals surface area contributed by atoms with Gasteiger partial charge in [0.2, 0.25) is 5.91 Å². The monoisotopic (exact) mass is 358 g/mol. The Kier molecular flexibility index (Phi) is 6.01. The number of hydrogen-bond acceptors (Lipinski definition) is 3. The molecule has 6 nitrogen and oxygen atoms in total. The van der Waals surface area contributed by atoms with Crippen LogP contribution in [0.3, 0.4) is 0 Å². The standard InChI is InChI=1S/C20H30N4O2/c1-22-20(24-10-4-5-14(13-24)11-19(21)26)23-12-17-16-7-3-2-6-15(16)8-9-18(17)25/h8-9,14,25H,2-7,10-13H2,1H3,(H2,21,26)(H,22,23). The summed E-state index contributed by atoms with van der Waals surface area (Å²) >= 11 is 0. The highest BCUT2D eigenvalue weighted by molar-refractivity contribution is 5.80. The zero-order chi connectivity index (χ0) is 18.5. The van der Waals surface area contributed by atoms with Crippen LogP contribution in [0.2, 0.25) is 0 Å².